The molecule has 0 bridgehead atoms. The Bertz CT molecular complexity index is 565. The summed E-state index contributed by atoms with van der Waals surface area (Å²) in [5, 5.41) is 1.21. The molecule has 0 amide bonds. The largest absolute Gasteiger partial charge is 0.328 e. The van der Waals surface area contributed by atoms with Crippen LogP contribution in [0.5, 0.6) is 0 Å². The standard InChI is InChI=1S/C16H21N3/c1-12(17)14-8-9-19(10-14)11-15-7-6-13-4-2-3-5-16(13)18-15/h2-7,12,14H,8-11,17H2,1H3. The molecule has 3 rings (SSSR count). The average molecular weight is 255 g/mol. The van der Waals surface area contributed by atoms with Crippen LogP contribution in [0.1, 0.15) is 19.0 Å². The number of hydrogen-bond donors (Lipinski definition) is 1. The molecule has 0 radical (unpaired) electrons. The maximum absolute atomic E-state index is 5.99. The van der Waals surface area contributed by atoms with E-state index in [1.165, 1.54) is 11.8 Å². The van der Waals surface area contributed by atoms with Crippen LogP contribution < -0.4 is 5.73 Å². The summed E-state index contributed by atoms with van der Waals surface area (Å²) in [7, 11) is 0. The number of rotatable bonds is 3. The molecule has 2 aromatic rings. The van der Waals surface area contributed by atoms with Gasteiger partial charge in [-0.05, 0) is 37.9 Å². The van der Waals surface area contributed by atoms with Crippen molar-refractivity contribution in [2.75, 3.05) is 13.1 Å². The van der Waals surface area contributed by atoms with Crippen LogP contribution in [0, 0.1) is 5.92 Å². The molecule has 2 unspecified atom stereocenters. The van der Waals surface area contributed by atoms with Gasteiger partial charge in [0.15, 0.2) is 0 Å². The summed E-state index contributed by atoms with van der Waals surface area (Å²) in [4.78, 5) is 7.20. The molecule has 1 aromatic carbocycles. The van der Waals surface area contributed by atoms with Gasteiger partial charge < -0.3 is 5.73 Å². The second kappa shape index (κ2) is 5.27. The minimum absolute atomic E-state index is 0.301. The summed E-state index contributed by atoms with van der Waals surface area (Å²) >= 11 is 0. The van der Waals surface area contributed by atoms with Gasteiger partial charge in [0.05, 0.1) is 11.2 Å². The van der Waals surface area contributed by atoms with E-state index in [4.69, 9.17) is 10.7 Å². The predicted molar refractivity (Wildman–Crippen MR) is 78.8 cm³/mol. The highest BCUT2D eigenvalue weighted by atomic mass is 15.2. The van der Waals surface area contributed by atoms with Gasteiger partial charge in [0, 0.05) is 24.5 Å². The van der Waals surface area contributed by atoms with Gasteiger partial charge in [-0.25, -0.2) is 0 Å². The molecule has 19 heavy (non-hydrogen) atoms. The molecule has 0 saturated carbocycles. The molecule has 2 N–H and O–H groups in total. The number of nitrogens with zero attached hydrogens (tertiary/aromatic N) is 2. The van der Waals surface area contributed by atoms with Crippen molar-refractivity contribution in [2.45, 2.75) is 25.9 Å². The van der Waals surface area contributed by atoms with E-state index >= 15 is 0 Å². The number of nitrogens with two attached hydrogens (primary N) is 1. The Morgan fingerprint density at radius 3 is 2.95 bits per heavy atom. The van der Waals surface area contributed by atoms with E-state index in [1.807, 2.05) is 6.07 Å². The number of likely N-dealkylation sites (tertiary alicyclic amines) is 1. The van der Waals surface area contributed by atoms with E-state index < -0.39 is 0 Å². The first-order valence-electron chi connectivity index (χ1n) is 7.05. The van der Waals surface area contributed by atoms with E-state index in [1.54, 1.807) is 0 Å². The van der Waals surface area contributed by atoms with Crippen molar-refractivity contribution in [3.63, 3.8) is 0 Å². The van der Waals surface area contributed by atoms with Gasteiger partial charge >= 0.3 is 0 Å². The predicted octanol–water partition coefficient (Wildman–Crippen LogP) is 2.40. The molecular weight excluding hydrogens is 234 g/mol. The molecule has 3 heteroatoms. The summed E-state index contributed by atoms with van der Waals surface area (Å²) < 4.78 is 0. The molecule has 2 atom stereocenters. The highest BCUT2D eigenvalue weighted by Crippen LogP contribution is 2.21. The van der Waals surface area contributed by atoms with Gasteiger partial charge in [-0.2, -0.15) is 0 Å². The first-order valence-corrected chi connectivity index (χ1v) is 7.05. The fourth-order valence-electron chi connectivity index (χ4n) is 2.86. The Hall–Kier alpha value is -1.45. The lowest BCUT2D eigenvalue weighted by atomic mass is 10.0. The van der Waals surface area contributed by atoms with Crippen LogP contribution in [-0.2, 0) is 6.54 Å². The zero-order valence-corrected chi connectivity index (χ0v) is 11.4. The van der Waals surface area contributed by atoms with E-state index in [0.29, 0.717) is 12.0 Å². The smallest absolute Gasteiger partial charge is 0.0705 e. The Labute approximate surface area is 114 Å². The Morgan fingerprint density at radius 1 is 1.32 bits per heavy atom. The molecule has 0 aliphatic carbocycles. The molecular formula is C16H21N3. The number of benzene rings is 1. The molecule has 2 heterocycles. The topological polar surface area (TPSA) is 42.1 Å². The van der Waals surface area contributed by atoms with E-state index in [2.05, 4.69) is 42.2 Å². The Morgan fingerprint density at radius 2 is 2.16 bits per heavy atom. The third-order valence-corrected chi connectivity index (χ3v) is 4.09. The number of aromatic nitrogens is 1. The first kappa shape index (κ1) is 12.6. The molecule has 100 valence electrons. The summed E-state index contributed by atoms with van der Waals surface area (Å²) in [6, 6.07) is 12.9. The van der Waals surface area contributed by atoms with Crippen LogP contribution in [0.3, 0.4) is 0 Å². The first-order chi connectivity index (χ1) is 9.22. The van der Waals surface area contributed by atoms with Crippen molar-refractivity contribution in [1.29, 1.82) is 0 Å². The van der Waals surface area contributed by atoms with Crippen molar-refractivity contribution in [3.05, 3.63) is 42.1 Å². The molecule has 1 aromatic heterocycles. The SMILES string of the molecule is CC(N)C1CCN(Cc2ccc3ccccc3n2)C1. The number of pyridine rings is 1. The Kier molecular flexibility index (Phi) is 3.49. The zero-order chi connectivity index (χ0) is 13.2. The second-order valence-corrected chi connectivity index (χ2v) is 5.64. The fraction of sp³-hybridized carbons (Fsp3) is 0.438. The highest BCUT2D eigenvalue weighted by molar-refractivity contribution is 5.78. The Balaban J connectivity index is 1.72. The van der Waals surface area contributed by atoms with Crippen LogP contribution in [0.15, 0.2) is 36.4 Å². The molecule has 1 saturated heterocycles. The normalized spacial score (nSPS) is 21.9. The minimum Gasteiger partial charge on any atom is -0.328 e. The summed E-state index contributed by atoms with van der Waals surface area (Å²) in [5.74, 6) is 0.639. The molecule has 0 spiro atoms. The van der Waals surface area contributed by atoms with Gasteiger partial charge in [-0.1, -0.05) is 24.3 Å². The number of para-hydroxylation sites is 1. The second-order valence-electron chi connectivity index (χ2n) is 5.64. The zero-order valence-electron chi connectivity index (χ0n) is 11.4. The molecule has 3 nitrogen and oxygen atoms in total. The van der Waals surface area contributed by atoms with E-state index in [9.17, 15) is 0 Å². The van der Waals surface area contributed by atoms with Crippen molar-refractivity contribution in [1.82, 2.24) is 9.88 Å². The molecule has 1 aliphatic rings. The van der Waals surface area contributed by atoms with Gasteiger partial charge in [0.25, 0.3) is 0 Å². The molecule has 1 fully saturated rings. The maximum Gasteiger partial charge on any atom is 0.0705 e. The van der Waals surface area contributed by atoms with Gasteiger partial charge in [-0.3, -0.25) is 9.88 Å². The van der Waals surface area contributed by atoms with Crippen LogP contribution in [0.25, 0.3) is 10.9 Å². The third-order valence-electron chi connectivity index (χ3n) is 4.09. The van der Waals surface area contributed by atoms with Crippen LogP contribution in [0.2, 0.25) is 0 Å². The summed E-state index contributed by atoms with van der Waals surface area (Å²) in [5.41, 5.74) is 8.23. The highest BCUT2D eigenvalue weighted by Gasteiger charge is 2.25. The number of fused-ring (bicyclic) bond motifs is 1. The van der Waals surface area contributed by atoms with Crippen LogP contribution in [0.4, 0.5) is 0 Å². The maximum atomic E-state index is 5.99. The van der Waals surface area contributed by atoms with E-state index in [0.717, 1.165) is 30.8 Å². The quantitative estimate of drug-likeness (QED) is 0.915. The van der Waals surface area contributed by atoms with Crippen molar-refractivity contribution < 1.29 is 0 Å². The molecule has 1 aliphatic heterocycles. The summed E-state index contributed by atoms with van der Waals surface area (Å²) in [6.45, 7) is 5.30. The number of hydrogen-bond acceptors (Lipinski definition) is 3. The summed E-state index contributed by atoms with van der Waals surface area (Å²) in [6.07, 6.45) is 1.21. The van der Waals surface area contributed by atoms with Crippen LogP contribution >= 0.6 is 0 Å². The van der Waals surface area contributed by atoms with E-state index in [-0.39, 0.29) is 0 Å². The van der Waals surface area contributed by atoms with Gasteiger partial charge in [-0.15, -0.1) is 0 Å². The van der Waals surface area contributed by atoms with Gasteiger partial charge in [0.1, 0.15) is 0 Å². The fourth-order valence-corrected chi connectivity index (χ4v) is 2.86. The minimum atomic E-state index is 0.301. The lowest BCUT2D eigenvalue weighted by Gasteiger charge is -2.17. The van der Waals surface area contributed by atoms with Crippen molar-refractivity contribution >= 4 is 10.9 Å². The van der Waals surface area contributed by atoms with Crippen molar-refractivity contribution in [2.24, 2.45) is 11.7 Å². The van der Waals surface area contributed by atoms with Crippen LogP contribution in [-0.4, -0.2) is 29.0 Å². The van der Waals surface area contributed by atoms with Gasteiger partial charge in [0.2, 0.25) is 0 Å². The third kappa shape index (κ3) is 2.77. The lowest BCUT2D eigenvalue weighted by molar-refractivity contribution is 0.305. The van der Waals surface area contributed by atoms with Crippen molar-refractivity contribution in [3.8, 4) is 0 Å². The monoisotopic (exact) mass is 255 g/mol. The lowest BCUT2D eigenvalue weighted by Crippen LogP contribution is -2.29. The average Bonchev–Trinajstić information content (AvgIpc) is 2.87.